The number of hydrogen-bond acceptors (Lipinski definition) is 10. The molecule has 2 saturated heterocycles. The number of phenolic OH excluding ortho intramolecular Hbond substituents is 1. The molecule has 0 unspecified atom stereocenters. The number of aliphatic hydroxyl groups excluding tert-OH is 1. The lowest BCUT2D eigenvalue weighted by molar-refractivity contribution is 0.114. The molecular formula is C30H43N7O3. The molecule has 6 rings (SSSR count). The maximum atomic E-state index is 10.2. The van der Waals surface area contributed by atoms with Crippen LogP contribution in [0.15, 0.2) is 48.7 Å². The Hall–Kier alpha value is -3.63. The van der Waals surface area contributed by atoms with Gasteiger partial charge in [-0.05, 0) is 69.5 Å². The summed E-state index contributed by atoms with van der Waals surface area (Å²) in [5, 5.41) is 30.5. The summed E-state index contributed by atoms with van der Waals surface area (Å²) in [7, 11) is 0. The summed E-state index contributed by atoms with van der Waals surface area (Å²) in [5.41, 5.74) is 9.37. The van der Waals surface area contributed by atoms with E-state index in [0.29, 0.717) is 29.1 Å². The highest BCUT2D eigenvalue weighted by Gasteiger charge is 2.23. The number of nitrogens with one attached hydrogen (secondary N) is 1. The maximum Gasteiger partial charge on any atom is 0.215 e. The number of nitrogen functional groups attached to an aromatic ring is 1. The van der Waals surface area contributed by atoms with E-state index < -0.39 is 0 Å². The van der Waals surface area contributed by atoms with Crippen molar-refractivity contribution in [2.45, 2.75) is 58.2 Å². The van der Waals surface area contributed by atoms with Crippen molar-refractivity contribution in [3.63, 3.8) is 0 Å². The number of benzene rings is 1. The van der Waals surface area contributed by atoms with Crippen molar-refractivity contribution in [2.24, 2.45) is 0 Å². The van der Waals surface area contributed by atoms with Gasteiger partial charge in [-0.2, -0.15) is 0 Å². The van der Waals surface area contributed by atoms with Crippen LogP contribution >= 0.6 is 0 Å². The lowest BCUT2D eigenvalue weighted by Crippen LogP contribution is -2.46. The summed E-state index contributed by atoms with van der Waals surface area (Å²) in [4.78, 5) is 8.92. The van der Waals surface area contributed by atoms with Gasteiger partial charge in [0.15, 0.2) is 5.82 Å². The highest BCUT2D eigenvalue weighted by Crippen LogP contribution is 2.32. The Kier molecular flexibility index (Phi) is 10.8. The van der Waals surface area contributed by atoms with Gasteiger partial charge in [-0.1, -0.05) is 26.0 Å². The van der Waals surface area contributed by atoms with Crippen molar-refractivity contribution in [2.75, 3.05) is 54.8 Å². The first-order chi connectivity index (χ1) is 19.6. The number of piperazine rings is 1. The Morgan fingerprint density at radius 3 is 2.25 bits per heavy atom. The van der Waals surface area contributed by atoms with Gasteiger partial charge in [-0.3, -0.25) is 0 Å². The van der Waals surface area contributed by atoms with Crippen molar-refractivity contribution in [3.8, 4) is 22.9 Å². The van der Waals surface area contributed by atoms with E-state index >= 15 is 0 Å². The van der Waals surface area contributed by atoms with Crippen LogP contribution in [0.1, 0.15) is 46.0 Å². The molecule has 2 aromatic heterocycles. The number of nitrogens with zero attached hydrogens (tertiary/aromatic N) is 5. The number of ether oxygens (including phenoxy) is 1. The predicted molar refractivity (Wildman–Crippen MR) is 160 cm³/mol. The molecule has 0 spiro atoms. The Labute approximate surface area is 237 Å². The number of piperidine rings is 1. The van der Waals surface area contributed by atoms with Crippen LogP contribution in [-0.4, -0.2) is 76.9 Å². The topological polar surface area (TPSA) is 133 Å². The predicted octanol–water partition coefficient (Wildman–Crippen LogP) is 3.84. The van der Waals surface area contributed by atoms with Crippen molar-refractivity contribution < 1.29 is 14.9 Å². The second kappa shape index (κ2) is 14.7. The monoisotopic (exact) mass is 549 g/mol. The lowest BCUT2D eigenvalue weighted by Gasteiger charge is -2.37. The Bertz CT molecular complexity index is 1190. The number of anilines is 3. The number of aliphatic hydroxyl groups is 1. The van der Waals surface area contributed by atoms with Crippen LogP contribution in [0, 0.1) is 0 Å². The third kappa shape index (κ3) is 7.73. The fourth-order valence-electron chi connectivity index (χ4n) is 4.80. The largest absolute Gasteiger partial charge is 0.507 e. The maximum absolute atomic E-state index is 10.2. The number of hydrogen-bond donors (Lipinski definition) is 4. The molecule has 216 valence electrons. The van der Waals surface area contributed by atoms with E-state index in [0.717, 1.165) is 76.3 Å². The second-order valence-electron chi connectivity index (χ2n) is 10.00. The van der Waals surface area contributed by atoms with E-state index in [-0.39, 0.29) is 11.9 Å². The molecule has 4 heterocycles. The zero-order valence-electron chi connectivity index (χ0n) is 23.7. The Morgan fingerprint density at radius 1 is 0.925 bits per heavy atom. The summed E-state index contributed by atoms with van der Waals surface area (Å²) in [6.45, 7) is 9.28. The van der Waals surface area contributed by atoms with E-state index in [1.165, 1.54) is 6.42 Å². The molecule has 3 aliphatic rings. The standard InChI is InChI=1S/C23H26N6O2.C5H11NO.C2H6/c24-23-20(15-19(26-27-23)18-6-1-2-7-21(18)30)29-12-10-28(11-13-29)16-8-9-25-22(14-16)31-17-4-3-5-17;7-5-1-3-6-4-2-5;1-2/h1-2,6-9,14-15,17,30H,3-5,10-13H2,(H2,24,27);5-7H,1-4H2;1-2H3. The first-order valence-electron chi connectivity index (χ1n) is 14.5. The average Bonchev–Trinajstić information content (AvgIpc) is 2.98. The quantitative estimate of drug-likeness (QED) is 0.372. The minimum absolute atomic E-state index is 0.0266. The van der Waals surface area contributed by atoms with E-state index in [9.17, 15) is 5.11 Å². The zero-order valence-corrected chi connectivity index (χ0v) is 23.7. The number of phenols is 1. The molecule has 1 aromatic carbocycles. The first-order valence-corrected chi connectivity index (χ1v) is 14.5. The molecule has 0 atom stereocenters. The number of nitrogens with two attached hydrogens (primary N) is 1. The van der Waals surface area contributed by atoms with Gasteiger partial charge in [0.2, 0.25) is 5.88 Å². The number of pyridine rings is 1. The molecule has 1 saturated carbocycles. The summed E-state index contributed by atoms with van der Waals surface area (Å²) < 4.78 is 5.95. The molecule has 10 heteroatoms. The van der Waals surface area contributed by atoms with Crippen LogP contribution < -0.4 is 25.6 Å². The number of aromatic hydroxyl groups is 1. The van der Waals surface area contributed by atoms with Crippen molar-refractivity contribution in [1.29, 1.82) is 0 Å². The van der Waals surface area contributed by atoms with Gasteiger partial charge in [0.1, 0.15) is 11.9 Å². The van der Waals surface area contributed by atoms with Gasteiger partial charge in [0, 0.05) is 49.7 Å². The number of rotatable bonds is 5. The summed E-state index contributed by atoms with van der Waals surface area (Å²) in [6.07, 6.45) is 7.45. The molecule has 0 bridgehead atoms. The van der Waals surface area contributed by atoms with Crippen LogP contribution in [0.25, 0.3) is 11.3 Å². The van der Waals surface area contributed by atoms with Gasteiger partial charge < -0.3 is 35.8 Å². The molecule has 10 nitrogen and oxygen atoms in total. The van der Waals surface area contributed by atoms with Crippen molar-refractivity contribution >= 4 is 17.2 Å². The molecule has 5 N–H and O–H groups in total. The minimum Gasteiger partial charge on any atom is -0.507 e. The molecule has 0 radical (unpaired) electrons. The van der Waals surface area contributed by atoms with Gasteiger partial charge >= 0.3 is 0 Å². The fraction of sp³-hybridized carbons (Fsp3) is 0.500. The fourth-order valence-corrected chi connectivity index (χ4v) is 4.80. The summed E-state index contributed by atoms with van der Waals surface area (Å²) >= 11 is 0. The van der Waals surface area contributed by atoms with Gasteiger partial charge in [0.05, 0.1) is 17.5 Å². The van der Waals surface area contributed by atoms with Gasteiger partial charge in [-0.25, -0.2) is 4.98 Å². The molecular weight excluding hydrogens is 506 g/mol. The smallest absolute Gasteiger partial charge is 0.215 e. The SMILES string of the molecule is CC.Nc1nnc(-c2ccccc2O)cc1N1CCN(c2ccnc(OC3CCC3)c2)CC1.OC1CCNCC1. The molecule has 2 aliphatic heterocycles. The van der Waals surface area contributed by atoms with Gasteiger partial charge in [-0.15, -0.1) is 10.2 Å². The zero-order chi connectivity index (χ0) is 28.3. The third-order valence-electron chi connectivity index (χ3n) is 7.33. The lowest BCUT2D eigenvalue weighted by atomic mass is 9.96. The Balaban J connectivity index is 0.000000355. The van der Waals surface area contributed by atoms with Crippen LogP contribution in [0.2, 0.25) is 0 Å². The number of aromatic nitrogens is 3. The highest BCUT2D eigenvalue weighted by atomic mass is 16.5. The summed E-state index contributed by atoms with van der Waals surface area (Å²) in [6, 6.07) is 13.1. The molecule has 3 fully saturated rings. The minimum atomic E-state index is -0.0266. The number of para-hydroxylation sites is 1. The van der Waals surface area contributed by atoms with Crippen LogP contribution in [0.5, 0.6) is 11.6 Å². The van der Waals surface area contributed by atoms with Crippen LogP contribution in [0.3, 0.4) is 0 Å². The van der Waals surface area contributed by atoms with E-state index in [4.69, 9.17) is 15.6 Å². The molecule has 1 aliphatic carbocycles. The molecule has 40 heavy (non-hydrogen) atoms. The van der Waals surface area contributed by atoms with E-state index in [1.807, 2.05) is 50.4 Å². The van der Waals surface area contributed by atoms with Crippen LogP contribution in [0.4, 0.5) is 17.2 Å². The second-order valence-corrected chi connectivity index (χ2v) is 10.00. The Morgan fingerprint density at radius 2 is 1.62 bits per heavy atom. The average molecular weight is 550 g/mol. The van der Waals surface area contributed by atoms with Crippen molar-refractivity contribution in [3.05, 3.63) is 48.7 Å². The van der Waals surface area contributed by atoms with Gasteiger partial charge in [0.25, 0.3) is 0 Å². The first kappa shape index (κ1) is 29.4. The van der Waals surface area contributed by atoms with Crippen molar-refractivity contribution in [1.82, 2.24) is 20.5 Å². The summed E-state index contributed by atoms with van der Waals surface area (Å²) in [5.74, 6) is 1.28. The normalized spacial score (nSPS) is 17.6. The van der Waals surface area contributed by atoms with E-state index in [2.05, 4.69) is 30.3 Å². The molecule has 3 aromatic rings. The highest BCUT2D eigenvalue weighted by molar-refractivity contribution is 5.74. The molecule has 0 amide bonds. The van der Waals surface area contributed by atoms with E-state index in [1.54, 1.807) is 12.1 Å². The van der Waals surface area contributed by atoms with Crippen LogP contribution in [-0.2, 0) is 0 Å². The third-order valence-corrected chi connectivity index (χ3v) is 7.33.